The van der Waals surface area contributed by atoms with E-state index in [1.54, 1.807) is 6.20 Å². The van der Waals surface area contributed by atoms with Crippen molar-refractivity contribution in [1.82, 2.24) is 15.0 Å². The summed E-state index contributed by atoms with van der Waals surface area (Å²) in [5, 5.41) is 1.10. The maximum Gasteiger partial charge on any atom is 0.416 e. The van der Waals surface area contributed by atoms with Crippen LogP contribution in [0.25, 0.3) is 21.9 Å². The third-order valence-electron chi connectivity index (χ3n) is 5.39. The lowest BCUT2D eigenvalue weighted by molar-refractivity contribution is -0.137. The van der Waals surface area contributed by atoms with Gasteiger partial charge in [0.05, 0.1) is 16.6 Å². The molecule has 0 atom stereocenters. The third kappa shape index (κ3) is 3.47. The van der Waals surface area contributed by atoms with Crippen molar-refractivity contribution in [1.29, 1.82) is 0 Å². The highest BCUT2D eigenvalue weighted by Gasteiger charge is 2.32. The van der Waals surface area contributed by atoms with Gasteiger partial charge in [-0.15, -0.1) is 0 Å². The molecule has 0 radical (unpaired) electrons. The molecule has 30 heavy (non-hydrogen) atoms. The van der Waals surface area contributed by atoms with Gasteiger partial charge in [0, 0.05) is 47.9 Å². The number of fused-ring (bicyclic) bond motifs is 2. The SMILES string of the molecule is FC(F)(F)c1cc(Br)c2nc(N3CCN(c4ccc5ncccc5c4)CC3)[nH]c2c1. The number of aromatic amines is 1. The quantitative estimate of drug-likeness (QED) is 0.431. The molecule has 1 aliphatic heterocycles. The molecule has 0 aliphatic carbocycles. The van der Waals surface area contributed by atoms with E-state index < -0.39 is 11.7 Å². The normalized spacial score (nSPS) is 15.3. The fourth-order valence-corrected chi connectivity index (χ4v) is 4.36. The number of hydrogen-bond donors (Lipinski definition) is 1. The summed E-state index contributed by atoms with van der Waals surface area (Å²) in [6, 6.07) is 12.4. The van der Waals surface area contributed by atoms with Gasteiger partial charge in [-0.05, 0) is 52.3 Å². The second-order valence-corrected chi connectivity index (χ2v) is 8.12. The number of rotatable bonds is 2. The van der Waals surface area contributed by atoms with Crippen molar-refractivity contribution in [2.45, 2.75) is 6.18 Å². The molecule has 5 nitrogen and oxygen atoms in total. The van der Waals surface area contributed by atoms with Crippen molar-refractivity contribution < 1.29 is 13.2 Å². The molecule has 0 unspecified atom stereocenters. The maximum absolute atomic E-state index is 13.1. The predicted octanol–water partition coefficient (Wildman–Crippen LogP) is 5.22. The van der Waals surface area contributed by atoms with Crippen LogP contribution in [0.1, 0.15) is 5.56 Å². The summed E-state index contributed by atoms with van der Waals surface area (Å²) < 4.78 is 39.6. The van der Waals surface area contributed by atoms with Gasteiger partial charge in [-0.25, -0.2) is 4.98 Å². The van der Waals surface area contributed by atoms with Crippen LogP contribution < -0.4 is 9.80 Å². The molecule has 2 aromatic heterocycles. The van der Waals surface area contributed by atoms with Gasteiger partial charge in [0.1, 0.15) is 5.52 Å². The highest BCUT2D eigenvalue weighted by molar-refractivity contribution is 9.10. The highest BCUT2D eigenvalue weighted by atomic mass is 79.9. The monoisotopic (exact) mass is 475 g/mol. The zero-order valence-electron chi connectivity index (χ0n) is 15.7. The van der Waals surface area contributed by atoms with E-state index in [2.05, 4.69) is 52.8 Å². The van der Waals surface area contributed by atoms with E-state index in [-0.39, 0.29) is 0 Å². The van der Waals surface area contributed by atoms with Gasteiger partial charge in [0.25, 0.3) is 0 Å². The van der Waals surface area contributed by atoms with Gasteiger partial charge in [0.2, 0.25) is 5.95 Å². The van der Waals surface area contributed by atoms with Gasteiger partial charge >= 0.3 is 6.18 Å². The van der Waals surface area contributed by atoms with E-state index in [0.717, 1.165) is 41.8 Å². The largest absolute Gasteiger partial charge is 0.416 e. The molecule has 1 fully saturated rings. The first kappa shape index (κ1) is 19.2. The Morgan fingerprint density at radius 3 is 2.50 bits per heavy atom. The minimum absolute atomic E-state index is 0.332. The lowest BCUT2D eigenvalue weighted by Crippen LogP contribution is -2.46. The number of nitrogens with one attached hydrogen (secondary N) is 1. The van der Waals surface area contributed by atoms with Crippen molar-refractivity contribution in [3.63, 3.8) is 0 Å². The van der Waals surface area contributed by atoms with Crippen molar-refractivity contribution in [2.24, 2.45) is 0 Å². The summed E-state index contributed by atoms with van der Waals surface area (Å²) in [7, 11) is 0. The molecule has 0 saturated carbocycles. The minimum atomic E-state index is -4.40. The zero-order chi connectivity index (χ0) is 20.9. The van der Waals surface area contributed by atoms with Gasteiger partial charge in [0.15, 0.2) is 0 Å². The van der Waals surface area contributed by atoms with Crippen LogP contribution in [0.4, 0.5) is 24.8 Å². The standard InChI is InChI=1S/C21H17BrF3N5/c22-16-11-14(21(23,24)25)12-18-19(16)28-20(27-18)30-8-6-29(7-9-30)15-3-4-17-13(10-15)2-1-5-26-17/h1-5,10-12H,6-9H2,(H,27,28). The van der Waals surface area contributed by atoms with E-state index in [1.807, 2.05) is 18.2 Å². The molecule has 9 heteroatoms. The third-order valence-corrected chi connectivity index (χ3v) is 5.99. The lowest BCUT2D eigenvalue weighted by atomic mass is 10.1. The number of halogens is 4. The Morgan fingerprint density at radius 1 is 0.967 bits per heavy atom. The molecular weight excluding hydrogens is 459 g/mol. The number of alkyl halides is 3. The van der Waals surface area contributed by atoms with Crippen molar-refractivity contribution in [2.75, 3.05) is 36.0 Å². The Kier molecular flexibility index (Phi) is 4.57. The number of pyridine rings is 1. The number of hydrogen-bond acceptors (Lipinski definition) is 4. The maximum atomic E-state index is 13.1. The molecular formula is C21H17BrF3N5. The smallest absolute Gasteiger partial charge is 0.368 e. The molecule has 1 saturated heterocycles. The van der Waals surface area contributed by atoms with E-state index in [0.29, 0.717) is 34.5 Å². The second-order valence-electron chi connectivity index (χ2n) is 7.27. The summed E-state index contributed by atoms with van der Waals surface area (Å²) in [6.45, 7) is 3.01. The first-order valence-electron chi connectivity index (χ1n) is 9.50. The average Bonchev–Trinajstić information content (AvgIpc) is 3.18. The van der Waals surface area contributed by atoms with E-state index in [9.17, 15) is 13.2 Å². The Morgan fingerprint density at radius 2 is 1.73 bits per heavy atom. The van der Waals surface area contributed by atoms with Crippen LogP contribution in [0.5, 0.6) is 0 Å². The van der Waals surface area contributed by atoms with Crippen LogP contribution in [0.2, 0.25) is 0 Å². The number of anilines is 2. The molecule has 4 aromatic rings. The Balaban J connectivity index is 1.35. The van der Waals surface area contributed by atoms with Crippen LogP contribution in [0, 0.1) is 0 Å². The first-order chi connectivity index (χ1) is 14.4. The van der Waals surface area contributed by atoms with Crippen molar-refractivity contribution in [3.8, 4) is 0 Å². The van der Waals surface area contributed by atoms with E-state index >= 15 is 0 Å². The van der Waals surface area contributed by atoms with Gasteiger partial charge in [-0.3, -0.25) is 4.98 Å². The Labute approximate surface area is 178 Å². The Hall–Kier alpha value is -2.81. The molecule has 2 aromatic carbocycles. The highest BCUT2D eigenvalue weighted by Crippen LogP contribution is 2.35. The fourth-order valence-electron chi connectivity index (χ4n) is 3.81. The van der Waals surface area contributed by atoms with Crippen LogP contribution in [-0.2, 0) is 6.18 Å². The van der Waals surface area contributed by atoms with Gasteiger partial charge in [-0.1, -0.05) is 6.07 Å². The molecule has 154 valence electrons. The summed E-state index contributed by atoms with van der Waals surface area (Å²) in [5.74, 6) is 0.590. The summed E-state index contributed by atoms with van der Waals surface area (Å²) in [6.07, 6.45) is -2.62. The Bertz CT molecular complexity index is 1230. The topological polar surface area (TPSA) is 48.1 Å². The molecule has 3 heterocycles. The fraction of sp³-hybridized carbons (Fsp3) is 0.238. The number of imidazole rings is 1. The number of piperazine rings is 1. The van der Waals surface area contributed by atoms with E-state index in [1.165, 1.54) is 0 Å². The number of benzene rings is 2. The average molecular weight is 476 g/mol. The lowest BCUT2D eigenvalue weighted by Gasteiger charge is -2.36. The number of H-pyrrole nitrogens is 1. The summed E-state index contributed by atoms with van der Waals surface area (Å²) in [4.78, 5) is 16.3. The first-order valence-corrected chi connectivity index (χ1v) is 10.3. The van der Waals surface area contributed by atoms with Gasteiger partial charge in [-0.2, -0.15) is 13.2 Å². The molecule has 1 N–H and O–H groups in total. The number of nitrogens with zero attached hydrogens (tertiary/aromatic N) is 4. The van der Waals surface area contributed by atoms with Crippen molar-refractivity contribution >= 4 is 49.5 Å². The summed E-state index contributed by atoms with van der Waals surface area (Å²) >= 11 is 3.22. The van der Waals surface area contributed by atoms with Crippen LogP contribution >= 0.6 is 15.9 Å². The van der Waals surface area contributed by atoms with Crippen molar-refractivity contribution in [3.05, 3.63) is 58.7 Å². The molecule has 5 rings (SSSR count). The van der Waals surface area contributed by atoms with Crippen LogP contribution in [-0.4, -0.2) is 41.1 Å². The molecule has 0 spiro atoms. The predicted molar refractivity (Wildman–Crippen MR) is 115 cm³/mol. The van der Waals surface area contributed by atoms with E-state index in [4.69, 9.17) is 0 Å². The van der Waals surface area contributed by atoms with Crippen LogP contribution in [0.15, 0.2) is 53.1 Å². The zero-order valence-corrected chi connectivity index (χ0v) is 17.3. The molecule has 0 bridgehead atoms. The minimum Gasteiger partial charge on any atom is -0.368 e. The molecule has 0 amide bonds. The number of aromatic nitrogens is 3. The van der Waals surface area contributed by atoms with Crippen LogP contribution in [0.3, 0.4) is 0 Å². The summed E-state index contributed by atoms with van der Waals surface area (Å²) in [5.41, 5.74) is 2.27. The molecule has 1 aliphatic rings. The second kappa shape index (κ2) is 7.16. The van der Waals surface area contributed by atoms with Gasteiger partial charge < -0.3 is 14.8 Å².